The third kappa shape index (κ3) is 5.26. The molecule has 1 saturated carbocycles. The maximum absolute atomic E-state index is 11.7. The molecule has 0 unspecified atom stereocenters. The highest BCUT2D eigenvalue weighted by molar-refractivity contribution is 7.99. The fraction of sp³-hybridized carbons (Fsp3) is 0.500. The Kier molecular flexibility index (Phi) is 5.44. The average molecular weight is 309 g/mol. The van der Waals surface area contributed by atoms with Crippen LogP contribution in [0.15, 0.2) is 24.4 Å². The van der Waals surface area contributed by atoms with Crippen molar-refractivity contribution >= 4 is 29.5 Å². The molecule has 1 aliphatic carbocycles. The van der Waals surface area contributed by atoms with Gasteiger partial charge in [-0.15, -0.1) is 0 Å². The van der Waals surface area contributed by atoms with Gasteiger partial charge in [-0.2, -0.15) is 11.8 Å². The lowest BCUT2D eigenvalue weighted by Crippen LogP contribution is -2.31. The second-order valence-corrected chi connectivity index (χ2v) is 6.12. The summed E-state index contributed by atoms with van der Waals surface area (Å²) in [6, 6.07) is 5.40. The second-order valence-electron chi connectivity index (χ2n) is 5.13. The number of hydrogen-bond acceptors (Lipinski definition) is 6. The van der Waals surface area contributed by atoms with Crippen molar-refractivity contribution in [2.75, 3.05) is 24.0 Å². The van der Waals surface area contributed by atoms with E-state index in [-0.39, 0.29) is 17.3 Å². The summed E-state index contributed by atoms with van der Waals surface area (Å²) in [6.45, 7) is 0. The van der Waals surface area contributed by atoms with E-state index >= 15 is 0 Å². The van der Waals surface area contributed by atoms with Crippen LogP contribution in [0.3, 0.4) is 0 Å². The zero-order valence-corrected chi connectivity index (χ0v) is 12.7. The number of thioether (sulfide) groups is 1. The van der Waals surface area contributed by atoms with Crippen molar-refractivity contribution in [1.82, 2.24) is 10.4 Å². The first kappa shape index (κ1) is 15.6. The van der Waals surface area contributed by atoms with Crippen LogP contribution in [-0.4, -0.2) is 35.5 Å². The van der Waals surface area contributed by atoms with Crippen LogP contribution in [0.25, 0.3) is 0 Å². The number of hydrogen-bond donors (Lipinski definition) is 2. The molecule has 1 aliphatic rings. The number of nitrogens with zero attached hydrogens (tertiary/aromatic N) is 1. The third-order valence-corrected chi connectivity index (χ3v) is 4.62. The van der Waals surface area contributed by atoms with Crippen LogP contribution < -0.4 is 10.9 Å². The molecule has 0 spiro atoms. The maximum Gasteiger partial charge on any atom is 0.306 e. The van der Waals surface area contributed by atoms with Gasteiger partial charge in [0.1, 0.15) is 5.82 Å². The minimum Gasteiger partial charge on any atom is -0.469 e. The van der Waals surface area contributed by atoms with Crippen LogP contribution in [0.2, 0.25) is 0 Å². The number of methoxy groups -OCH3 is 1. The quantitative estimate of drug-likeness (QED) is 0.561. The topological polar surface area (TPSA) is 80.3 Å². The predicted octanol–water partition coefficient (Wildman–Crippen LogP) is 1.60. The van der Waals surface area contributed by atoms with Gasteiger partial charge < -0.3 is 4.74 Å². The van der Waals surface area contributed by atoms with Crippen molar-refractivity contribution in [1.29, 1.82) is 0 Å². The van der Waals surface area contributed by atoms with Crippen LogP contribution >= 0.6 is 11.8 Å². The molecule has 114 valence electrons. The van der Waals surface area contributed by atoms with E-state index in [0.717, 1.165) is 18.6 Å². The summed E-state index contributed by atoms with van der Waals surface area (Å²) in [6.07, 6.45) is 4.16. The molecule has 0 saturated heterocycles. The van der Waals surface area contributed by atoms with Crippen molar-refractivity contribution in [3.63, 3.8) is 0 Å². The van der Waals surface area contributed by atoms with E-state index in [9.17, 15) is 9.59 Å². The number of anilines is 1. The fourth-order valence-corrected chi connectivity index (χ4v) is 3.08. The van der Waals surface area contributed by atoms with E-state index in [1.807, 2.05) is 6.07 Å². The molecule has 0 bridgehead atoms. The molecule has 1 amide bonds. The summed E-state index contributed by atoms with van der Waals surface area (Å²) in [4.78, 5) is 27.0. The van der Waals surface area contributed by atoms with Gasteiger partial charge >= 0.3 is 5.97 Å². The molecule has 0 aromatic carbocycles. The first-order chi connectivity index (χ1) is 10.1. The number of esters is 1. The molecule has 2 N–H and O–H groups in total. The monoisotopic (exact) mass is 309 g/mol. The van der Waals surface area contributed by atoms with E-state index in [2.05, 4.69) is 15.8 Å². The van der Waals surface area contributed by atoms with E-state index in [4.69, 9.17) is 4.74 Å². The van der Waals surface area contributed by atoms with E-state index in [1.54, 1.807) is 18.3 Å². The molecule has 1 aromatic heterocycles. The van der Waals surface area contributed by atoms with Crippen LogP contribution in [-0.2, 0) is 14.3 Å². The zero-order chi connectivity index (χ0) is 15.1. The summed E-state index contributed by atoms with van der Waals surface area (Å²) >= 11 is 1.54. The summed E-state index contributed by atoms with van der Waals surface area (Å²) in [5, 5.41) is 0. The van der Waals surface area contributed by atoms with Gasteiger partial charge in [-0.3, -0.25) is 20.4 Å². The first-order valence-corrected chi connectivity index (χ1v) is 7.89. The number of rotatable bonds is 8. The highest BCUT2D eigenvalue weighted by atomic mass is 32.2. The molecule has 1 aromatic rings. The van der Waals surface area contributed by atoms with Crippen LogP contribution in [0.5, 0.6) is 0 Å². The Morgan fingerprint density at radius 2 is 2.24 bits per heavy atom. The highest BCUT2D eigenvalue weighted by Crippen LogP contribution is 2.51. The fourth-order valence-electron chi connectivity index (χ4n) is 1.89. The number of carbonyl (C=O) groups is 2. The van der Waals surface area contributed by atoms with Crippen molar-refractivity contribution < 1.29 is 14.3 Å². The molecule has 2 rings (SSSR count). The smallest absolute Gasteiger partial charge is 0.306 e. The number of nitrogens with one attached hydrogen (secondary N) is 2. The normalized spacial score (nSPS) is 15.1. The van der Waals surface area contributed by atoms with E-state index in [0.29, 0.717) is 18.0 Å². The molecular formula is C14H19N3O3S. The summed E-state index contributed by atoms with van der Waals surface area (Å²) < 4.78 is 4.70. The lowest BCUT2D eigenvalue weighted by Gasteiger charge is -2.13. The number of aromatic nitrogens is 1. The summed E-state index contributed by atoms with van der Waals surface area (Å²) in [5.74, 6) is 1.47. The second kappa shape index (κ2) is 7.31. The lowest BCUT2D eigenvalue weighted by atomic mass is 10.1. The van der Waals surface area contributed by atoms with Gasteiger partial charge in [0.05, 0.1) is 19.3 Å². The minimum atomic E-state index is -0.172. The van der Waals surface area contributed by atoms with Crippen molar-refractivity contribution in [3.8, 4) is 0 Å². The molecule has 6 nitrogen and oxygen atoms in total. The maximum atomic E-state index is 11.7. The molecule has 7 heteroatoms. The molecule has 0 atom stereocenters. The van der Waals surface area contributed by atoms with Gasteiger partial charge in [-0.1, -0.05) is 6.07 Å². The Hall–Kier alpha value is -1.76. The molecule has 0 radical (unpaired) electrons. The zero-order valence-electron chi connectivity index (χ0n) is 11.9. The molecule has 1 fully saturated rings. The molecular weight excluding hydrogens is 290 g/mol. The minimum absolute atomic E-state index is 0.0481. The number of amides is 1. The SMILES string of the molecule is COC(=O)CC1(CSCC(=O)NNc2ccccn2)CC1. The first-order valence-electron chi connectivity index (χ1n) is 6.74. The van der Waals surface area contributed by atoms with Gasteiger partial charge in [0.15, 0.2) is 0 Å². The average Bonchev–Trinajstić information content (AvgIpc) is 3.25. The van der Waals surface area contributed by atoms with Crippen LogP contribution in [0.1, 0.15) is 19.3 Å². The Balaban J connectivity index is 1.62. The Morgan fingerprint density at radius 1 is 1.43 bits per heavy atom. The highest BCUT2D eigenvalue weighted by Gasteiger charge is 2.44. The number of carbonyl (C=O) groups excluding carboxylic acids is 2. The Bertz CT molecular complexity index is 491. The van der Waals surface area contributed by atoms with Crippen molar-refractivity contribution in [3.05, 3.63) is 24.4 Å². The number of ether oxygens (including phenoxy) is 1. The summed E-state index contributed by atoms with van der Waals surface area (Å²) in [5.41, 5.74) is 5.39. The largest absolute Gasteiger partial charge is 0.469 e. The standard InChI is InChI=1S/C14H19N3O3S/c1-20-13(19)8-14(5-6-14)10-21-9-12(18)17-16-11-4-2-3-7-15-11/h2-4,7H,5-6,8-10H2,1H3,(H,15,16)(H,17,18). The Morgan fingerprint density at radius 3 is 2.86 bits per heavy atom. The predicted molar refractivity (Wildman–Crippen MR) is 81.6 cm³/mol. The number of hydrazine groups is 1. The summed E-state index contributed by atoms with van der Waals surface area (Å²) in [7, 11) is 1.41. The number of pyridine rings is 1. The van der Waals surface area contributed by atoms with Gasteiger partial charge in [0.25, 0.3) is 0 Å². The van der Waals surface area contributed by atoms with E-state index < -0.39 is 0 Å². The molecule has 21 heavy (non-hydrogen) atoms. The molecule has 0 aliphatic heterocycles. The lowest BCUT2D eigenvalue weighted by molar-refractivity contribution is -0.141. The van der Waals surface area contributed by atoms with E-state index in [1.165, 1.54) is 18.9 Å². The Labute approximate surface area is 128 Å². The van der Waals surface area contributed by atoms with Gasteiger partial charge in [0, 0.05) is 6.20 Å². The van der Waals surface area contributed by atoms with Gasteiger partial charge in [0.2, 0.25) is 5.91 Å². The third-order valence-electron chi connectivity index (χ3n) is 3.34. The van der Waals surface area contributed by atoms with Crippen molar-refractivity contribution in [2.45, 2.75) is 19.3 Å². The molecule has 1 heterocycles. The van der Waals surface area contributed by atoms with Gasteiger partial charge in [-0.25, -0.2) is 4.98 Å². The van der Waals surface area contributed by atoms with Crippen LogP contribution in [0, 0.1) is 5.41 Å². The van der Waals surface area contributed by atoms with Crippen LogP contribution in [0.4, 0.5) is 5.82 Å². The van der Waals surface area contributed by atoms with Crippen molar-refractivity contribution in [2.24, 2.45) is 5.41 Å². The van der Waals surface area contributed by atoms with Gasteiger partial charge in [-0.05, 0) is 36.1 Å².